The predicted octanol–water partition coefficient (Wildman–Crippen LogP) is 1.89. The molecule has 0 aromatic rings. The number of hydrogen-bond acceptors (Lipinski definition) is 5. The van der Waals surface area contributed by atoms with Gasteiger partial charge in [0.2, 0.25) is 0 Å². The van der Waals surface area contributed by atoms with Crippen molar-refractivity contribution in [2.45, 2.75) is 52.7 Å². The van der Waals surface area contributed by atoms with Gasteiger partial charge in [-0.1, -0.05) is 0 Å². The van der Waals surface area contributed by atoms with Gasteiger partial charge in [0.15, 0.2) is 0 Å². The molecule has 0 aromatic carbocycles. The lowest BCUT2D eigenvalue weighted by Crippen LogP contribution is -2.57. The standard InChI is InChI=1S/C23H45N5O2/c1-20(2)26-7-5-22(6-8-26)19-25-11-15-28(16-12-25)23(29)27-13-9-24(10-14-27)17-18-30-21(3)4/h20-22H,5-19H2,1-4H3. The van der Waals surface area contributed by atoms with Gasteiger partial charge in [0, 0.05) is 71.5 Å². The van der Waals surface area contributed by atoms with Crippen molar-refractivity contribution < 1.29 is 9.53 Å². The number of hydrogen-bond donors (Lipinski definition) is 0. The van der Waals surface area contributed by atoms with Crippen LogP contribution in [0.4, 0.5) is 4.79 Å². The van der Waals surface area contributed by atoms with Crippen LogP contribution in [0.15, 0.2) is 0 Å². The van der Waals surface area contributed by atoms with Crippen LogP contribution >= 0.6 is 0 Å². The summed E-state index contributed by atoms with van der Waals surface area (Å²) in [7, 11) is 0. The van der Waals surface area contributed by atoms with Gasteiger partial charge in [-0.05, 0) is 59.5 Å². The smallest absolute Gasteiger partial charge is 0.320 e. The second-order valence-electron chi connectivity index (χ2n) is 9.89. The van der Waals surface area contributed by atoms with E-state index in [-0.39, 0.29) is 6.03 Å². The van der Waals surface area contributed by atoms with E-state index in [4.69, 9.17) is 4.74 Å². The number of carbonyl (C=O) groups is 1. The highest BCUT2D eigenvalue weighted by Gasteiger charge is 2.29. The number of likely N-dealkylation sites (tertiary alicyclic amines) is 1. The second-order valence-corrected chi connectivity index (χ2v) is 9.89. The van der Waals surface area contributed by atoms with E-state index in [2.05, 4.69) is 52.2 Å². The van der Waals surface area contributed by atoms with Crippen LogP contribution in [0.2, 0.25) is 0 Å². The van der Waals surface area contributed by atoms with Crippen molar-refractivity contribution in [1.82, 2.24) is 24.5 Å². The van der Waals surface area contributed by atoms with Crippen LogP contribution in [0.1, 0.15) is 40.5 Å². The van der Waals surface area contributed by atoms with Gasteiger partial charge in [-0.25, -0.2) is 4.79 Å². The molecule has 0 radical (unpaired) electrons. The van der Waals surface area contributed by atoms with Gasteiger partial charge in [0.25, 0.3) is 0 Å². The van der Waals surface area contributed by atoms with Gasteiger partial charge >= 0.3 is 6.03 Å². The third kappa shape index (κ3) is 7.08. The Balaban J connectivity index is 1.31. The number of rotatable bonds is 7. The van der Waals surface area contributed by atoms with Crippen LogP contribution in [-0.2, 0) is 4.74 Å². The normalized spacial score (nSPS) is 23.7. The average molecular weight is 424 g/mol. The highest BCUT2D eigenvalue weighted by molar-refractivity contribution is 5.74. The Bertz CT molecular complexity index is 506. The molecule has 0 aromatic heterocycles. The molecular formula is C23H45N5O2. The summed E-state index contributed by atoms with van der Waals surface area (Å²) in [5.41, 5.74) is 0. The predicted molar refractivity (Wildman–Crippen MR) is 122 cm³/mol. The molecule has 7 nitrogen and oxygen atoms in total. The number of amides is 2. The molecule has 0 spiro atoms. The Morgan fingerprint density at radius 3 is 1.83 bits per heavy atom. The van der Waals surface area contributed by atoms with Crippen LogP contribution in [-0.4, -0.2) is 128 Å². The Labute approximate surface area is 184 Å². The number of carbonyl (C=O) groups excluding carboxylic acids is 1. The van der Waals surface area contributed by atoms with Crippen molar-refractivity contribution in [2.75, 3.05) is 85.1 Å². The van der Waals surface area contributed by atoms with Gasteiger partial charge in [-0.3, -0.25) is 9.80 Å². The minimum absolute atomic E-state index is 0.248. The average Bonchev–Trinajstić information content (AvgIpc) is 2.74. The van der Waals surface area contributed by atoms with E-state index >= 15 is 0 Å². The summed E-state index contributed by atoms with van der Waals surface area (Å²) in [4.78, 5) is 24.7. The largest absolute Gasteiger partial charge is 0.377 e. The fourth-order valence-electron chi connectivity index (χ4n) is 4.92. The molecule has 174 valence electrons. The molecule has 3 aliphatic rings. The Morgan fingerprint density at radius 1 is 0.800 bits per heavy atom. The number of piperidine rings is 1. The zero-order valence-corrected chi connectivity index (χ0v) is 19.9. The molecule has 0 N–H and O–H groups in total. The molecule has 3 rings (SSSR count). The first-order valence-corrected chi connectivity index (χ1v) is 12.3. The SMILES string of the molecule is CC(C)OCCN1CCN(C(=O)N2CCN(CC3CCN(C(C)C)CC3)CC2)CC1. The molecule has 3 fully saturated rings. The van der Waals surface area contributed by atoms with Gasteiger partial charge in [0.05, 0.1) is 12.7 Å². The van der Waals surface area contributed by atoms with E-state index in [1.165, 1.54) is 32.5 Å². The number of urea groups is 1. The molecule has 0 bridgehead atoms. The molecule has 0 atom stereocenters. The van der Waals surface area contributed by atoms with Gasteiger partial charge in [-0.15, -0.1) is 0 Å². The molecular weight excluding hydrogens is 378 g/mol. The van der Waals surface area contributed by atoms with Crippen LogP contribution in [0.5, 0.6) is 0 Å². The summed E-state index contributed by atoms with van der Waals surface area (Å²) < 4.78 is 5.66. The Morgan fingerprint density at radius 2 is 1.33 bits per heavy atom. The highest BCUT2D eigenvalue weighted by atomic mass is 16.5. The van der Waals surface area contributed by atoms with Crippen molar-refractivity contribution in [3.63, 3.8) is 0 Å². The maximum atomic E-state index is 12.9. The summed E-state index contributed by atoms with van der Waals surface area (Å²) in [6.07, 6.45) is 2.94. The lowest BCUT2D eigenvalue weighted by Gasteiger charge is -2.42. The van der Waals surface area contributed by atoms with Crippen molar-refractivity contribution in [2.24, 2.45) is 5.92 Å². The lowest BCUT2D eigenvalue weighted by molar-refractivity contribution is 0.0435. The van der Waals surface area contributed by atoms with Crippen LogP contribution < -0.4 is 0 Å². The van der Waals surface area contributed by atoms with E-state index in [0.29, 0.717) is 12.1 Å². The van der Waals surface area contributed by atoms with Gasteiger partial charge in [0.1, 0.15) is 0 Å². The summed E-state index contributed by atoms with van der Waals surface area (Å²) >= 11 is 0. The second kappa shape index (κ2) is 11.7. The van der Waals surface area contributed by atoms with Gasteiger partial charge in [-0.2, -0.15) is 0 Å². The van der Waals surface area contributed by atoms with E-state index in [1.54, 1.807) is 0 Å². The zero-order valence-electron chi connectivity index (χ0n) is 19.9. The lowest BCUT2D eigenvalue weighted by atomic mass is 9.95. The monoisotopic (exact) mass is 423 g/mol. The minimum atomic E-state index is 0.248. The van der Waals surface area contributed by atoms with Crippen molar-refractivity contribution in [3.05, 3.63) is 0 Å². The summed E-state index contributed by atoms with van der Waals surface area (Å²) in [5.74, 6) is 0.829. The topological polar surface area (TPSA) is 42.5 Å². The molecule has 3 saturated heterocycles. The molecule has 3 aliphatic heterocycles. The summed E-state index contributed by atoms with van der Waals surface area (Å²) in [6, 6.07) is 0.925. The van der Waals surface area contributed by atoms with Gasteiger partial charge < -0.3 is 19.4 Å². The van der Waals surface area contributed by atoms with Crippen molar-refractivity contribution >= 4 is 6.03 Å². The number of ether oxygens (including phenoxy) is 1. The van der Waals surface area contributed by atoms with Crippen molar-refractivity contribution in [1.29, 1.82) is 0 Å². The Hall–Kier alpha value is -0.890. The van der Waals surface area contributed by atoms with Crippen molar-refractivity contribution in [3.8, 4) is 0 Å². The minimum Gasteiger partial charge on any atom is -0.377 e. The molecule has 30 heavy (non-hydrogen) atoms. The van der Waals surface area contributed by atoms with Crippen LogP contribution in [0, 0.1) is 5.92 Å². The van der Waals surface area contributed by atoms with E-state index in [1.807, 2.05) is 0 Å². The number of piperazine rings is 2. The molecule has 0 saturated carbocycles. The molecule has 3 heterocycles. The maximum Gasteiger partial charge on any atom is 0.320 e. The fraction of sp³-hybridized carbons (Fsp3) is 0.957. The summed E-state index contributed by atoms with van der Waals surface area (Å²) in [5, 5.41) is 0. The van der Waals surface area contributed by atoms with Crippen LogP contribution in [0.3, 0.4) is 0 Å². The quantitative estimate of drug-likeness (QED) is 0.626. The third-order valence-corrected chi connectivity index (χ3v) is 7.04. The molecule has 0 unspecified atom stereocenters. The van der Waals surface area contributed by atoms with E-state index in [0.717, 1.165) is 71.4 Å². The Kier molecular flexibility index (Phi) is 9.23. The molecule has 7 heteroatoms. The van der Waals surface area contributed by atoms with Crippen LogP contribution in [0.25, 0.3) is 0 Å². The number of nitrogens with zero attached hydrogens (tertiary/aromatic N) is 5. The first-order chi connectivity index (χ1) is 14.4. The molecule has 0 aliphatic carbocycles. The zero-order chi connectivity index (χ0) is 21.5. The highest BCUT2D eigenvalue weighted by Crippen LogP contribution is 2.21. The summed E-state index contributed by atoms with van der Waals surface area (Å²) in [6.45, 7) is 21.6. The van der Waals surface area contributed by atoms with E-state index < -0.39 is 0 Å². The van der Waals surface area contributed by atoms with E-state index in [9.17, 15) is 4.79 Å². The maximum absolute atomic E-state index is 12.9. The fourth-order valence-corrected chi connectivity index (χ4v) is 4.92. The first-order valence-electron chi connectivity index (χ1n) is 12.3. The molecule has 2 amide bonds. The first kappa shape index (κ1) is 23.8. The third-order valence-electron chi connectivity index (χ3n) is 7.04.